The summed E-state index contributed by atoms with van der Waals surface area (Å²) in [6.45, 7) is 1.80. The van der Waals surface area contributed by atoms with E-state index in [1.54, 1.807) is 20.2 Å². The maximum atomic E-state index is 8.34. The van der Waals surface area contributed by atoms with Crippen LogP contribution < -0.4 is 4.74 Å². The quantitative estimate of drug-likeness (QED) is 0.508. The van der Waals surface area contributed by atoms with Crippen LogP contribution in [0.3, 0.4) is 0 Å². The standard InChI is InChI=1S/C10H10N2O/c1-8(12-7-11)9-3-5-10(13-2)6-4-9/h3-6H,1-2H3. The van der Waals surface area contributed by atoms with Crippen LogP contribution in [-0.4, -0.2) is 12.8 Å². The largest absolute Gasteiger partial charge is 0.497 e. The van der Waals surface area contributed by atoms with Gasteiger partial charge in [-0.3, -0.25) is 0 Å². The van der Waals surface area contributed by atoms with Crippen molar-refractivity contribution in [3.05, 3.63) is 29.8 Å². The van der Waals surface area contributed by atoms with Gasteiger partial charge in [-0.05, 0) is 36.8 Å². The molecule has 0 fully saturated rings. The van der Waals surface area contributed by atoms with Crippen molar-refractivity contribution in [3.63, 3.8) is 0 Å². The van der Waals surface area contributed by atoms with Gasteiger partial charge in [0.2, 0.25) is 6.19 Å². The van der Waals surface area contributed by atoms with Crippen LogP contribution in [0.15, 0.2) is 29.3 Å². The van der Waals surface area contributed by atoms with E-state index < -0.39 is 0 Å². The molecule has 0 spiro atoms. The number of benzene rings is 1. The van der Waals surface area contributed by atoms with E-state index in [1.807, 2.05) is 24.3 Å². The van der Waals surface area contributed by atoms with Crippen molar-refractivity contribution < 1.29 is 4.74 Å². The molecular weight excluding hydrogens is 164 g/mol. The average Bonchev–Trinajstić information content (AvgIpc) is 2.18. The zero-order valence-corrected chi connectivity index (χ0v) is 7.61. The number of ether oxygens (including phenoxy) is 1. The maximum Gasteiger partial charge on any atom is 0.205 e. The third-order valence-corrected chi connectivity index (χ3v) is 1.73. The van der Waals surface area contributed by atoms with E-state index in [0.717, 1.165) is 11.3 Å². The minimum atomic E-state index is 0.713. The van der Waals surface area contributed by atoms with Gasteiger partial charge >= 0.3 is 0 Å². The first-order valence-corrected chi connectivity index (χ1v) is 3.85. The SMILES string of the molecule is COc1ccc(C(C)=NC#N)cc1. The summed E-state index contributed by atoms with van der Waals surface area (Å²) in [6.07, 6.45) is 1.75. The number of methoxy groups -OCH3 is 1. The molecule has 0 saturated heterocycles. The molecule has 0 radical (unpaired) electrons. The summed E-state index contributed by atoms with van der Waals surface area (Å²) in [6, 6.07) is 7.42. The van der Waals surface area contributed by atoms with Gasteiger partial charge < -0.3 is 4.74 Å². The van der Waals surface area contributed by atoms with Crippen molar-refractivity contribution in [1.82, 2.24) is 0 Å². The van der Waals surface area contributed by atoms with Gasteiger partial charge in [-0.15, -0.1) is 0 Å². The van der Waals surface area contributed by atoms with Crippen LogP contribution in [0.2, 0.25) is 0 Å². The first-order valence-electron chi connectivity index (χ1n) is 3.85. The Morgan fingerprint density at radius 1 is 1.38 bits per heavy atom. The summed E-state index contributed by atoms with van der Waals surface area (Å²) in [5.41, 5.74) is 1.65. The normalized spacial score (nSPS) is 10.7. The molecule has 1 rings (SSSR count). The van der Waals surface area contributed by atoms with Crippen LogP contribution in [0.1, 0.15) is 12.5 Å². The minimum Gasteiger partial charge on any atom is -0.497 e. The fourth-order valence-electron chi connectivity index (χ4n) is 0.972. The molecule has 3 heteroatoms. The molecule has 0 aliphatic heterocycles. The summed E-state index contributed by atoms with van der Waals surface area (Å²) in [7, 11) is 1.62. The summed E-state index contributed by atoms with van der Waals surface area (Å²) in [5.74, 6) is 0.800. The zero-order valence-electron chi connectivity index (χ0n) is 7.61. The Kier molecular flexibility index (Phi) is 3.04. The topological polar surface area (TPSA) is 45.4 Å². The van der Waals surface area contributed by atoms with Crippen molar-refractivity contribution in [1.29, 1.82) is 5.26 Å². The third-order valence-electron chi connectivity index (χ3n) is 1.73. The van der Waals surface area contributed by atoms with Crippen molar-refractivity contribution >= 4 is 5.71 Å². The van der Waals surface area contributed by atoms with Crippen LogP contribution in [0, 0.1) is 11.5 Å². The number of nitrogens with zero attached hydrogens (tertiary/aromatic N) is 2. The fraction of sp³-hybridized carbons (Fsp3) is 0.200. The van der Waals surface area contributed by atoms with E-state index in [1.165, 1.54) is 0 Å². The molecule has 0 aliphatic rings. The second-order valence-electron chi connectivity index (χ2n) is 2.53. The van der Waals surface area contributed by atoms with Crippen molar-refractivity contribution in [2.45, 2.75) is 6.92 Å². The third kappa shape index (κ3) is 2.31. The Bertz CT molecular complexity index is 346. The Hall–Kier alpha value is -1.82. The molecule has 3 nitrogen and oxygen atoms in total. The van der Waals surface area contributed by atoms with E-state index >= 15 is 0 Å². The van der Waals surface area contributed by atoms with Gasteiger partial charge in [0.15, 0.2) is 0 Å². The highest BCUT2D eigenvalue weighted by Gasteiger charge is 1.96. The number of rotatable bonds is 2. The predicted molar refractivity (Wildman–Crippen MR) is 50.8 cm³/mol. The molecule has 66 valence electrons. The van der Waals surface area contributed by atoms with E-state index in [2.05, 4.69) is 4.99 Å². The molecule has 13 heavy (non-hydrogen) atoms. The Morgan fingerprint density at radius 2 is 2.00 bits per heavy atom. The monoisotopic (exact) mass is 174 g/mol. The molecule has 1 aromatic rings. The van der Waals surface area contributed by atoms with Gasteiger partial charge in [0.25, 0.3) is 0 Å². The van der Waals surface area contributed by atoms with Crippen molar-refractivity contribution in [3.8, 4) is 11.9 Å². The summed E-state index contributed by atoms with van der Waals surface area (Å²) in [4.78, 5) is 3.63. The first kappa shape index (κ1) is 9.27. The number of hydrogen-bond donors (Lipinski definition) is 0. The van der Waals surface area contributed by atoms with E-state index in [9.17, 15) is 0 Å². The minimum absolute atomic E-state index is 0.713. The molecule has 0 heterocycles. The second-order valence-corrected chi connectivity index (χ2v) is 2.53. The van der Waals surface area contributed by atoms with Crippen LogP contribution in [0.5, 0.6) is 5.75 Å². The number of aliphatic imine (C=N–C) groups is 1. The van der Waals surface area contributed by atoms with E-state index in [-0.39, 0.29) is 0 Å². The molecule has 0 amide bonds. The maximum absolute atomic E-state index is 8.34. The average molecular weight is 174 g/mol. The van der Waals surface area contributed by atoms with Crippen LogP contribution in [0.25, 0.3) is 0 Å². The van der Waals surface area contributed by atoms with Crippen LogP contribution >= 0.6 is 0 Å². The molecule has 0 N–H and O–H groups in total. The van der Waals surface area contributed by atoms with Gasteiger partial charge in [-0.2, -0.15) is 10.3 Å². The van der Waals surface area contributed by atoms with Gasteiger partial charge in [0.1, 0.15) is 5.75 Å². The lowest BCUT2D eigenvalue weighted by Gasteiger charge is -2.00. The summed E-state index contributed by atoms with van der Waals surface area (Å²) in [5, 5.41) is 8.34. The first-order chi connectivity index (χ1) is 6.27. The molecule has 0 bridgehead atoms. The second kappa shape index (κ2) is 4.27. The van der Waals surface area contributed by atoms with Crippen molar-refractivity contribution in [2.75, 3.05) is 7.11 Å². The van der Waals surface area contributed by atoms with E-state index in [4.69, 9.17) is 10.00 Å². The van der Waals surface area contributed by atoms with Gasteiger partial charge in [0.05, 0.1) is 12.8 Å². The zero-order chi connectivity index (χ0) is 9.68. The Balaban J connectivity index is 2.94. The van der Waals surface area contributed by atoms with Gasteiger partial charge in [-0.1, -0.05) is 0 Å². The van der Waals surface area contributed by atoms with Crippen molar-refractivity contribution in [2.24, 2.45) is 4.99 Å². The fourth-order valence-corrected chi connectivity index (χ4v) is 0.972. The summed E-state index contributed by atoms with van der Waals surface area (Å²) >= 11 is 0. The molecule has 0 saturated carbocycles. The molecule has 0 atom stereocenters. The lowest BCUT2D eigenvalue weighted by molar-refractivity contribution is 0.415. The smallest absolute Gasteiger partial charge is 0.205 e. The van der Waals surface area contributed by atoms with Gasteiger partial charge in [0, 0.05) is 0 Å². The molecule has 0 aromatic heterocycles. The van der Waals surface area contributed by atoms with Crippen LogP contribution in [0.4, 0.5) is 0 Å². The van der Waals surface area contributed by atoms with E-state index in [0.29, 0.717) is 5.71 Å². The highest BCUT2D eigenvalue weighted by Crippen LogP contribution is 2.11. The van der Waals surface area contributed by atoms with Gasteiger partial charge in [-0.25, -0.2) is 0 Å². The molecule has 0 aliphatic carbocycles. The molecule has 0 unspecified atom stereocenters. The highest BCUT2D eigenvalue weighted by atomic mass is 16.5. The number of hydrogen-bond acceptors (Lipinski definition) is 3. The molecular formula is C10H10N2O. The summed E-state index contributed by atoms with van der Waals surface area (Å²) < 4.78 is 5.00. The lowest BCUT2D eigenvalue weighted by atomic mass is 10.1. The van der Waals surface area contributed by atoms with Crippen LogP contribution in [-0.2, 0) is 0 Å². The Labute approximate surface area is 77.3 Å². The predicted octanol–water partition coefficient (Wildman–Crippen LogP) is 1.99. The molecule has 1 aromatic carbocycles. The highest BCUT2D eigenvalue weighted by molar-refractivity contribution is 5.99. The Morgan fingerprint density at radius 3 is 2.46 bits per heavy atom. The number of nitriles is 1. The lowest BCUT2D eigenvalue weighted by Crippen LogP contribution is -1.93.